The average Bonchev–Trinajstić information content (AvgIpc) is 2.09. The van der Waals surface area contributed by atoms with Gasteiger partial charge >= 0.3 is 0 Å². The van der Waals surface area contributed by atoms with Crippen LogP contribution in [0.2, 0.25) is 0 Å². The summed E-state index contributed by atoms with van der Waals surface area (Å²) in [6.07, 6.45) is 0.343. The lowest BCUT2D eigenvalue weighted by Crippen LogP contribution is -1.94. The first kappa shape index (κ1) is 8.41. The van der Waals surface area contributed by atoms with Gasteiger partial charge in [-0.05, 0) is 11.6 Å². The van der Waals surface area contributed by atoms with Crippen molar-refractivity contribution in [3.8, 4) is 11.8 Å². The minimum absolute atomic E-state index is 0.343. The van der Waals surface area contributed by atoms with Gasteiger partial charge in [0.15, 0.2) is 0 Å². The second kappa shape index (κ2) is 3.63. The molecule has 1 aromatic rings. The quantitative estimate of drug-likeness (QED) is 0.667. The number of hydrogen-bond acceptors (Lipinski definition) is 3. The summed E-state index contributed by atoms with van der Waals surface area (Å²) in [5, 5.41) is 8.43. The van der Waals surface area contributed by atoms with Gasteiger partial charge in [-0.1, -0.05) is 6.07 Å². The Morgan fingerprint density at radius 3 is 2.83 bits per heavy atom. The molecule has 0 amide bonds. The standard InChI is InChI=1S/C9H10N2O/c1-12-8-3-2-7(4-5-10)9(11)6-8/h2-3,6H,4,11H2,1H3. The molecule has 0 heterocycles. The van der Waals surface area contributed by atoms with Crippen LogP contribution in [0.3, 0.4) is 0 Å². The van der Waals surface area contributed by atoms with Crippen molar-refractivity contribution >= 4 is 5.69 Å². The number of benzene rings is 1. The van der Waals surface area contributed by atoms with Crippen molar-refractivity contribution in [2.75, 3.05) is 12.8 Å². The normalized spacial score (nSPS) is 9.00. The molecule has 2 N–H and O–H groups in total. The van der Waals surface area contributed by atoms with E-state index >= 15 is 0 Å². The number of nitrogens with two attached hydrogens (primary N) is 1. The Hall–Kier alpha value is -1.69. The van der Waals surface area contributed by atoms with Crippen molar-refractivity contribution in [3.05, 3.63) is 23.8 Å². The summed E-state index contributed by atoms with van der Waals surface area (Å²) < 4.78 is 4.97. The third-order valence-electron chi connectivity index (χ3n) is 1.62. The molecular formula is C9H10N2O. The van der Waals surface area contributed by atoms with Gasteiger partial charge in [-0.25, -0.2) is 0 Å². The second-order valence-electron chi connectivity index (χ2n) is 2.40. The van der Waals surface area contributed by atoms with Gasteiger partial charge in [0.05, 0.1) is 19.6 Å². The van der Waals surface area contributed by atoms with E-state index in [4.69, 9.17) is 15.7 Å². The van der Waals surface area contributed by atoms with E-state index in [1.807, 2.05) is 6.07 Å². The molecule has 0 saturated carbocycles. The largest absolute Gasteiger partial charge is 0.497 e. The number of nitrogens with zero attached hydrogens (tertiary/aromatic N) is 1. The second-order valence-corrected chi connectivity index (χ2v) is 2.40. The van der Waals surface area contributed by atoms with Crippen LogP contribution in [0.4, 0.5) is 5.69 Å². The molecule has 0 fully saturated rings. The molecule has 0 saturated heterocycles. The van der Waals surface area contributed by atoms with Crippen LogP contribution in [0.25, 0.3) is 0 Å². The first-order valence-electron chi connectivity index (χ1n) is 3.57. The van der Waals surface area contributed by atoms with E-state index in [0.717, 1.165) is 5.56 Å². The van der Waals surface area contributed by atoms with E-state index in [0.29, 0.717) is 17.9 Å². The Morgan fingerprint density at radius 2 is 2.33 bits per heavy atom. The molecule has 0 aliphatic rings. The van der Waals surface area contributed by atoms with Crippen molar-refractivity contribution in [2.45, 2.75) is 6.42 Å². The number of rotatable bonds is 2. The van der Waals surface area contributed by atoms with Crippen LogP contribution in [-0.4, -0.2) is 7.11 Å². The summed E-state index contributed by atoms with van der Waals surface area (Å²) >= 11 is 0. The topological polar surface area (TPSA) is 59.0 Å². The summed E-state index contributed by atoms with van der Waals surface area (Å²) in [6, 6.07) is 7.35. The minimum Gasteiger partial charge on any atom is -0.497 e. The summed E-state index contributed by atoms with van der Waals surface area (Å²) in [5.41, 5.74) is 7.10. The highest BCUT2D eigenvalue weighted by molar-refractivity contribution is 5.52. The molecule has 0 aromatic heterocycles. The maximum absolute atomic E-state index is 8.43. The number of hydrogen-bond donors (Lipinski definition) is 1. The number of nitrogen functional groups attached to an aromatic ring is 1. The van der Waals surface area contributed by atoms with Gasteiger partial charge in [-0.3, -0.25) is 0 Å². The molecule has 1 rings (SSSR count). The van der Waals surface area contributed by atoms with Crippen LogP contribution in [0.5, 0.6) is 5.75 Å². The fraction of sp³-hybridized carbons (Fsp3) is 0.222. The average molecular weight is 162 g/mol. The predicted octanol–water partition coefficient (Wildman–Crippen LogP) is 1.34. The van der Waals surface area contributed by atoms with Gasteiger partial charge in [0.25, 0.3) is 0 Å². The van der Waals surface area contributed by atoms with Crippen LogP contribution in [0.1, 0.15) is 5.56 Å². The first-order valence-corrected chi connectivity index (χ1v) is 3.57. The van der Waals surface area contributed by atoms with Gasteiger partial charge in [0.2, 0.25) is 0 Å². The fourth-order valence-electron chi connectivity index (χ4n) is 0.946. The summed E-state index contributed by atoms with van der Waals surface area (Å²) in [7, 11) is 1.58. The van der Waals surface area contributed by atoms with Crippen molar-refractivity contribution in [2.24, 2.45) is 0 Å². The Labute approximate surface area is 71.4 Å². The highest BCUT2D eigenvalue weighted by atomic mass is 16.5. The Morgan fingerprint density at radius 1 is 1.58 bits per heavy atom. The summed E-state index contributed by atoms with van der Waals surface area (Å²) in [4.78, 5) is 0. The summed E-state index contributed by atoms with van der Waals surface area (Å²) in [6.45, 7) is 0. The molecule has 12 heavy (non-hydrogen) atoms. The minimum atomic E-state index is 0.343. The van der Waals surface area contributed by atoms with Crippen molar-refractivity contribution in [3.63, 3.8) is 0 Å². The van der Waals surface area contributed by atoms with E-state index in [2.05, 4.69) is 0 Å². The number of ether oxygens (including phenoxy) is 1. The first-order chi connectivity index (χ1) is 5.77. The van der Waals surface area contributed by atoms with Crippen LogP contribution < -0.4 is 10.5 Å². The molecular weight excluding hydrogens is 152 g/mol. The van der Waals surface area contributed by atoms with E-state index < -0.39 is 0 Å². The molecule has 0 radical (unpaired) electrons. The molecule has 0 aliphatic heterocycles. The van der Waals surface area contributed by atoms with E-state index in [-0.39, 0.29) is 0 Å². The lowest BCUT2D eigenvalue weighted by atomic mass is 10.1. The van der Waals surface area contributed by atoms with Crippen molar-refractivity contribution < 1.29 is 4.74 Å². The zero-order chi connectivity index (χ0) is 8.97. The molecule has 0 aliphatic carbocycles. The lowest BCUT2D eigenvalue weighted by molar-refractivity contribution is 0.415. The van der Waals surface area contributed by atoms with E-state index in [9.17, 15) is 0 Å². The van der Waals surface area contributed by atoms with E-state index in [1.165, 1.54) is 0 Å². The fourth-order valence-corrected chi connectivity index (χ4v) is 0.946. The maximum atomic E-state index is 8.43. The van der Waals surface area contributed by atoms with Gasteiger partial charge in [0, 0.05) is 11.8 Å². The Bertz CT molecular complexity index is 315. The number of methoxy groups -OCH3 is 1. The Kier molecular flexibility index (Phi) is 2.54. The van der Waals surface area contributed by atoms with Crippen LogP contribution in [-0.2, 0) is 6.42 Å². The van der Waals surface area contributed by atoms with E-state index in [1.54, 1.807) is 25.3 Å². The number of anilines is 1. The molecule has 0 atom stereocenters. The lowest BCUT2D eigenvalue weighted by Gasteiger charge is -2.03. The highest BCUT2D eigenvalue weighted by Crippen LogP contribution is 2.19. The third-order valence-corrected chi connectivity index (χ3v) is 1.62. The molecule has 3 heteroatoms. The van der Waals surface area contributed by atoms with Gasteiger partial charge < -0.3 is 10.5 Å². The number of nitriles is 1. The third kappa shape index (κ3) is 1.67. The molecule has 0 spiro atoms. The van der Waals surface area contributed by atoms with Crippen molar-refractivity contribution in [1.29, 1.82) is 5.26 Å². The molecule has 0 bridgehead atoms. The molecule has 62 valence electrons. The smallest absolute Gasteiger partial charge is 0.120 e. The van der Waals surface area contributed by atoms with Crippen molar-refractivity contribution in [1.82, 2.24) is 0 Å². The van der Waals surface area contributed by atoms with Gasteiger partial charge in [-0.15, -0.1) is 0 Å². The van der Waals surface area contributed by atoms with Gasteiger partial charge in [0.1, 0.15) is 5.75 Å². The maximum Gasteiger partial charge on any atom is 0.120 e. The SMILES string of the molecule is COc1ccc(CC#N)c(N)c1. The summed E-state index contributed by atoms with van der Waals surface area (Å²) in [5.74, 6) is 0.717. The Balaban J connectivity index is 2.97. The predicted molar refractivity (Wildman–Crippen MR) is 46.7 cm³/mol. The zero-order valence-electron chi connectivity index (χ0n) is 6.87. The van der Waals surface area contributed by atoms with Crippen LogP contribution in [0, 0.1) is 11.3 Å². The monoisotopic (exact) mass is 162 g/mol. The van der Waals surface area contributed by atoms with Gasteiger partial charge in [-0.2, -0.15) is 5.26 Å². The highest BCUT2D eigenvalue weighted by Gasteiger charge is 1.99. The molecule has 3 nitrogen and oxygen atoms in total. The molecule has 0 unspecified atom stereocenters. The van der Waals surface area contributed by atoms with Crippen LogP contribution >= 0.6 is 0 Å². The molecule has 1 aromatic carbocycles. The van der Waals surface area contributed by atoms with Crippen LogP contribution in [0.15, 0.2) is 18.2 Å². The zero-order valence-corrected chi connectivity index (χ0v) is 6.87.